The average Bonchev–Trinajstić information content (AvgIpc) is 3.40. The average molecular weight is 398 g/mol. The molecular formula is C21H23N3O3S. The highest BCUT2D eigenvalue weighted by Gasteiger charge is 2.25. The zero-order valence-corrected chi connectivity index (χ0v) is 16.6. The lowest BCUT2D eigenvalue weighted by Gasteiger charge is -2.35. The zero-order chi connectivity index (χ0) is 19.3. The van der Waals surface area contributed by atoms with Gasteiger partial charge in [0.1, 0.15) is 0 Å². The molecule has 1 aliphatic rings. The lowest BCUT2D eigenvalue weighted by atomic mass is 10.0. The molecule has 1 aromatic carbocycles. The summed E-state index contributed by atoms with van der Waals surface area (Å²) < 4.78 is 11.0. The van der Waals surface area contributed by atoms with E-state index in [4.69, 9.17) is 9.15 Å². The first-order chi connectivity index (χ1) is 13.7. The number of morpholine rings is 1. The number of hydrogen-bond donors (Lipinski definition) is 1. The van der Waals surface area contributed by atoms with Crippen LogP contribution < -0.4 is 5.32 Å². The van der Waals surface area contributed by atoms with E-state index < -0.39 is 0 Å². The van der Waals surface area contributed by atoms with Crippen molar-refractivity contribution in [1.29, 1.82) is 0 Å². The minimum Gasteiger partial charge on any atom is -0.442 e. The number of rotatable bonds is 6. The van der Waals surface area contributed by atoms with Crippen molar-refractivity contribution in [2.75, 3.05) is 32.8 Å². The van der Waals surface area contributed by atoms with Crippen molar-refractivity contribution < 1.29 is 13.9 Å². The number of oxazole rings is 1. The Morgan fingerprint density at radius 3 is 2.89 bits per heavy atom. The molecule has 1 aliphatic heterocycles. The molecule has 1 N–H and O–H groups in total. The van der Waals surface area contributed by atoms with Crippen molar-refractivity contribution in [3.05, 3.63) is 65.0 Å². The van der Waals surface area contributed by atoms with Crippen LogP contribution in [-0.2, 0) is 4.74 Å². The molecule has 1 unspecified atom stereocenters. The molecule has 7 heteroatoms. The van der Waals surface area contributed by atoms with Crippen LogP contribution in [0.3, 0.4) is 0 Å². The van der Waals surface area contributed by atoms with E-state index in [1.165, 1.54) is 28.9 Å². The Hall–Kier alpha value is -2.48. The molecule has 3 aromatic rings. The van der Waals surface area contributed by atoms with E-state index >= 15 is 0 Å². The number of aryl methyl sites for hydroxylation is 1. The molecule has 3 heterocycles. The fourth-order valence-electron chi connectivity index (χ4n) is 3.49. The molecule has 1 atom stereocenters. The maximum absolute atomic E-state index is 12.8. The molecule has 6 nitrogen and oxygen atoms in total. The van der Waals surface area contributed by atoms with Crippen LogP contribution in [0.1, 0.15) is 27.7 Å². The van der Waals surface area contributed by atoms with Gasteiger partial charge >= 0.3 is 0 Å². The third-order valence-corrected chi connectivity index (χ3v) is 5.77. The summed E-state index contributed by atoms with van der Waals surface area (Å²) in [5.74, 6) is 0.300. The molecule has 0 saturated carbocycles. The van der Waals surface area contributed by atoms with Crippen molar-refractivity contribution >= 4 is 17.2 Å². The van der Waals surface area contributed by atoms with Crippen LogP contribution in [0, 0.1) is 6.92 Å². The normalized spacial score (nSPS) is 16.0. The molecule has 0 spiro atoms. The number of hydrogen-bond acceptors (Lipinski definition) is 6. The van der Waals surface area contributed by atoms with Gasteiger partial charge in [0.15, 0.2) is 17.8 Å². The van der Waals surface area contributed by atoms with Crippen LogP contribution in [0.4, 0.5) is 0 Å². The third kappa shape index (κ3) is 4.16. The van der Waals surface area contributed by atoms with E-state index in [1.54, 1.807) is 0 Å². The number of carbonyl (C=O) groups is 1. The van der Waals surface area contributed by atoms with E-state index in [-0.39, 0.29) is 11.9 Å². The Morgan fingerprint density at radius 1 is 1.29 bits per heavy atom. The second-order valence-electron chi connectivity index (χ2n) is 6.80. The van der Waals surface area contributed by atoms with Gasteiger partial charge in [-0.15, -0.1) is 11.3 Å². The monoisotopic (exact) mass is 397 g/mol. The smallest absolute Gasteiger partial charge is 0.274 e. The van der Waals surface area contributed by atoms with Gasteiger partial charge in [0, 0.05) is 19.6 Å². The fraction of sp³-hybridized carbons (Fsp3) is 0.333. The van der Waals surface area contributed by atoms with Gasteiger partial charge in [-0.2, -0.15) is 0 Å². The summed E-state index contributed by atoms with van der Waals surface area (Å²) in [6.45, 7) is 5.70. The van der Waals surface area contributed by atoms with E-state index in [2.05, 4.69) is 46.4 Å². The lowest BCUT2D eigenvalue weighted by Crippen LogP contribution is -2.44. The molecule has 28 heavy (non-hydrogen) atoms. The highest BCUT2D eigenvalue weighted by atomic mass is 32.1. The zero-order valence-electron chi connectivity index (χ0n) is 15.8. The number of thiophene rings is 1. The summed E-state index contributed by atoms with van der Waals surface area (Å²) in [4.78, 5) is 20.2. The predicted molar refractivity (Wildman–Crippen MR) is 108 cm³/mol. The number of ether oxygens (including phenoxy) is 1. The van der Waals surface area contributed by atoms with Crippen LogP contribution in [-0.4, -0.2) is 48.6 Å². The Bertz CT molecular complexity index is 917. The van der Waals surface area contributed by atoms with Gasteiger partial charge in [-0.05, 0) is 23.9 Å². The second-order valence-corrected chi connectivity index (χ2v) is 7.74. The van der Waals surface area contributed by atoms with Gasteiger partial charge in [0.05, 0.1) is 24.1 Å². The Balaban J connectivity index is 1.51. The van der Waals surface area contributed by atoms with E-state index in [1.807, 2.05) is 17.5 Å². The standard InChI is InChI=1S/C21H23N3O3S/c1-15-4-2-5-16(12-15)17(24-7-9-26-10-8-24)13-22-21(25)19-20(27-14-23-19)18-6-3-11-28-18/h2-6,11-12,14,17H,7-10,13H2,1H3,(H,22,25). The number of benzene rings is 1. The van der Waals surface area contributed by atoms with Gasteiger partial charge < -0.3 is 14.5 Å². The molecule has 0 radical (unpaired) electrons. The second kappa shape index (κ2) is 8.68. The molecule has 2 aromatic heterocycles. The highest BCUT2D eigenvalue weighted by molar-refractivity contribution is 7.13. The maximum atomic E-state index is 12.8. The van der Waals surface area contributed by atoms with Gasteiger partial charge in [-0.25, -0.2) is 4.98 Å². The molecule has 146 valence electrons. The van der Waals surface area contributed by atoms with Crippen molar-refractivity contribution in [3.63, 3.8) is 0 Å². The van der Waals surface area contributed by atoms with Gasteiger partial charge in [0.2, 0.25) is 0 Å². The van der Waals surface area contributed by atoms with Crippen LogP contribution in [0.5, 0.6) is 0 Å². The molecule has 1 fully saturated rings. The summed E-state index contributed by atoms with van der Waals surface area (Å²) in [5.41, 5.74) is 2.73. The van der Waals surface area contributed by atoms with Crippen LogP contribution in [0.15, 0.2) is 52.6 Å². The maximum Gasteiger partial charge on any atom is 0.274 e. The first-order valence-corrected chi connectivity index (χ1v) is 10.2. The molecule has 4 rings (SSSR count). The van der Waals surface area contributed by atoms with Gasteiger partial charge in [-0.1, -0.05) is 35.9 Å². The first kappa shape index (κ1) is 18.9. The van der Waals surface area contributed by atoms with Crippen molar-refractivity contribution in [2.45, 2.75) is 13.0 Å². The van der Waals surface area contributed by atoms with Gasteiger partial charge in [-0.3, -0.25) is 9.69 Å². The molecule has 0 bridgehead atoms. The van der Waals surface area contributed by atoms with Crippen LogP contribution in [0.2, 0.25) is 0 Å². The number of amides is 1. The van der Waals surface area contributed by atoms with E-state index in [0.29, 0.717) is 31.2 Å². The fourth-order valence-corrected chi connectivity index (χ4v) is 4.20. The minimum atomic E-state index is -0.219. The van der Waals surface area contributed by atoms with Crippen molar-refractivity contribution in [1.82, 2.24) is 15.2 Å². The van der Waals surface area contributed by atoms with E-state index in [0.717, 1.165) is 18.0 Å². The first-order valence-electron chi connectivity index (χ1n) is 9.36. The van der Waals surface area contributed by atoms with Gasteiger partial charge in [0.25, 0.3) is 5.91 Å². The third-order valence-electron chi connectivity index (χ3n) is 4.90. The van der Waals surface area contributed by atoms with Crippen molar-refractivity contribution in [2.24, 2.45) is 0 Å². The summed E-state index contributed by atoms with van der Waals surface area (Å²) >= 11 is 1.52. The highest BCUT2D eigenvalue weighted by Crippen LogP contribution is 2.28. The molecule has 1 amide bonds. The van der Waals surface area contributed by atoms with Crippen molar-refractivity contribution in [3.8, 4) is 10.6 Å². The van der Waals surface area contributed by atoms with E-state index in [9.17, 15) is 4.79 Å². The summed E-state index contributed by atoms with van der Waals surface area (Å²) in [7, 11) is 0. The molecule has 1 saturated heterocycles. The van der Waals surface area contributed by atoms with Crippen LogP contribution >= 0.6 is 11.3 Å². The largest absolute Gasteiger partial charge is 0.442 e. The summed E-state index contributed by atoms with van der Waals surface area (Å²) in [6, 6.07) is 12.4. The number of carbonyl (C=O) groups excluding carboxylic acids is 1. The Kier molecular flexibility index (Phi) is 5.85. The quantitative estimate of drug-likeness (QED) is 0.689. The molecule has 0 aliphatic carbocycles. The Labute approximate surface area is 168 Å². The lowest BCUT2D eigenvalue weighted by molar-refractivity contribution is 0.0162. The topological polar surface area (TPSA) is 67.6 Å². The predicted octanol–water partition coefficient (Wildman–Crippen LogP) is 3.51. The number of nitrogens with zero attached hydrogens (tertiary/aromatic N) is 2. The number of aromatic nitrogens is 1. The molecular weight excluding hydrogens is 374 g/mol. The summed E-state index contributed by atoms with van der Waals surface area (Å²) in [5, 5.41) is 5.01. The summed E-state index contributed by atoms with van der Waals surface area (Å²) in [6.07, 6.45) is 1.32. The van der Waals surface area contributed by atoms with Crippen LogP contribution in [0.25, 0.3) is 10.6 Å². The Morgan fingerprint density at radius 2 is 2.14 bits per heavy atom. The SMILES string of the molecule is Cc1cccc(C(CNC(=O)c2ncoc2-c2cccs2)N2CCOCC2)c1. The number of nitrogens with one attached hydrogen (secondary N) is 1. The minimum absolute atomic E-state index is 0.0878.